The van der Waals surface area contributed by atoms with Gasteiger partial charge in [0, 0.05) is 0 Å². The molecule has 0 aliphatic carbocycles. The van der Waals surface area contributed by atoms with E-state index in [0.717, 1.165) is 27.4 Å². The third kappa shape index (κ3) is 4.45. The molecule has 0 saturated carbocycles. The molecular weight excluding hydrogens is 252 g/mol. The van der Waals surface area contributed by atoms with Crippen LogP contribution in [0, 0.1) is 0 Å². The van der Waals surface area contributed by atoms with E-state index < -0.39 is 0 Å². The minimum absolute atomic E-state index is 0.922. The lowest BCUT2D eigenvalue weighted by Gasteiger charge is -2.07. The molecule has 0 N–H and O–H groups in total. The summed E-state index contributed by atoms with van der Waals surface area (Å²) in [5, 5.41) is 0. The summed E-state index contributed by atoms with van der Waals surface area (Å²) in [6.45, 7) is 3.79. The molecule has 0 fully saturated rings. The van der Waals surface area contributed by atoms with Crippen molar-refractivity contribution in [3.8, 4) is 11.1 Å². The fourth-order valence-corrected chi connectivity index (χ4v) is 1.75. The first kappa shape index (κ1) is 14.6. The van der Waals surface area contributed by atoms with E-state index in [4.69, 9.17) is 0 Å². The van der Waals surface area contributed by atoms with Crippen LogP contribution in [-0.2, 0) is 10.5 Å². The molecule has 1 nitrogen and oxygen atoms in total. The molecule has 0 spiro atoms. The fourth-order valence-electron chi connectivity index (χ4n) is 1.75. The van der Waals surface area contributed by atoms with Crippen molar-refractivity contribution in [2.45, 2.75) is 6.42 Å². The van der Waals surface area contributed by atoms with Gasteiger partial charge in [-0.3, -0.25) is 0 Å². The molecule has 0 bridgehead atoms. The van der Waals surface area contributed by atoms with Gasteiger partial charge in [-0.2, -0.15) is 0 Å². The van der Waals surface area contributed by atoms with E-state index in [2.05, 4.69) is 59.2 Å². The van der Waals surface area contributed by atoms with Crippen LogP contribution < -0.4 is 0 Å². The number of allylic oxidation sites excluding steroid dienone is 1. The van der Waals surface area contributed by atoms with Gasteiger partial charge < -0.3 is 4.12 Å². The second kappa shape index (κ2) is 8.63. The van der Waals surface area contributed by atoms with E-state index in [1.165, 1.54) is 16.7 Å². The lowest BCUT2D eigenvalue weighted by Crippen LogP contribution is -1.86. The minimum Gasteiger partial charge on any atom is -0.471 e. The molecule has 3 heteroatoms. The first-order chi connectivity index (χ1) is 8.83. The molecule has 18 heavy (non-hydrogen) atoms. The smallest absolute Gasteiger partial charge is 0.129 e. The summed E-state index contributed by atoms with van der Waals surface area (Å²) in [5.41, 5.74) is 3.91. The summed E-state index contributed by atoms with van der Waals surface area (Å²) in [7, 11) is 1.86. The Morgan fingerprint density at radius 1 is 0.944 bits per heavy atom. The summed E-state index contributed by atoms with van der Waals surface area (Å²) >= 11 is 0. The maximum atomic E-state index is 4.53. The van der Waals surface area contributed by atoms with Crippen molar-refractivity contribution in [3.05, 3.63) is 72.8 Å². The van der Waals surface area contributed by atoms with E-state index in [-0.39, 0.29) is 0 Å². The van der Waals surface area contributed by atoms with Gasteiger partial charge in [0.25, 0.3) is 0 Å². The van der Waals surface area contributed by atoms with Crippen molar-refractivity contribution < 1.29 is 4.12 Å². The van der Waals surface area contributed by atoms with Gasteiger partial charge in [0.1, 0.15) is 21.0 Å². The number of hydrogen-bond acceptors (Lipinski definition) is 1. The zero-order valence-electron chi connectivity index (χ0n) is 11.1. The van der Waals surface area contributed by atoms with Crippen molar-refractivity contribution in [2.24, 2.45) is 0 Å². The normalized spacial score (nSPS) is 9.56. The molecule has 0 aliphatic heterocycles. The fraction of sp³-hybridized carbons (Fsp3) is 0.0667. The van der Waals surface area contributed by atoms with Gasteiger partial charge in [0.05, 0.1) is 0 Å². The van der Waals surface area contributed by atoms with E-state index >= 15 is 0 Å². The van der Waals surface area contributed by atoms with Crippen molar-refractivity contribution in [3.63, 3.8) is 0 Å². The quantitative estimate of drug-likeness (QED) is 0.610. The minimum atomic E-state index is 0.922. The Bertz CT molecular complexity index is 469. The molecule has 0 unspecified atom stereocenters. The Labute approximate surface area is 116 Å². The Kier molecular flexibility index (Phi) is 7.02. The maximum Gasteiger partial charge on any atom is 0.129 e. The van der Waals surface area contributed by atoms with E-state index in [1.54, 1.807) is 0 Å². The molecule has 0 atom stereocenters. The van der Waals surface area contributed by atoms with Crippen LogP contribution in [0.4, 0.5) is 0 Å². The molecule has 2 rings (SSSR count). The van der Waals surface area contributed by atoms with E-state index in [0.29, 0.717) is 0 Å². The standard InChI is InChI=1S/C15H14.H6OSi2/c1-2-8-13-11-6-7-12-15(13)14-9-4-3-5-10-14;2-1-3/h2-7,9-12H,1,8H2;2-3H3. The number of benzene rings is 2. The zero-order valence-corrected chi connectivity index (χ0v) is 15.1. The highest BCUT2D eigenvalue weighted by molar-refractivity contribution is 6.15. The van der Waals surface area contributed by atoms with E-state index in [1.807, 2.05) is 12.1 Å². The van der Waals surface area contributed by atoms with Gasteiger partial charge in [0.2, 0.25) is 0 Å². The maximum absolute atomic E-state index is 4.53. The molecule has 0 aliphatic rings. The predicted octanol–water partition coefficient (Wildman–Crippen LogP) is 1.65. The zero-order chi connectivity index (χ0) is 13.2. The van der Waals surface area contributed by atoms with Crippen molar-refractivity contribution >= 4 is 21.0 Å². The lowest BCUT2D eigenvalue weighted by molar-refractivity contribution is 0.690. The van der Waals surface area contributed by atoms with Crippen molar-refractivity contribution in [1.29, 1.82) is 0 Å². The van der Waals surface area contributed by atoms with Crippen LogP contribution in [0.25, 0.3) is 11.1 Å². The molecular formula is C15H20OSi2. The predicted molar refractivity (Wildman–Crippen MR) is 86.7 cm³/mol. The second-order valence-corrected chi connectivity index (χ2v) is 7.19. The summed E-state index contributed by atoms with van der Waals surface area (Å²) in [4.78, 5) is 0. The highest BCUT2D eigenvalue weighted by Crippen LogP contribution is 2.23. The first-order valence-electron chi connectivity index (χ1n) is 5.97. The summed E-state index contributed by atoms with van der Waals surface area (Å²) in [6.07, 6.45) is 2.87. The lowest BCUT2D eigenvalue weighted by atomic mass is 9.98. The van der Waals surface area contributed by atoms with Gasteiger partial charge in [-0.25, -0.2) is 0 Å². The molecule has 0 amide bonds. The molecule has 0 saturated heterocycles. The molecule has 94 valence electrons. The molecule has 2 aromatic carbocycles. The van der Waals surface area contributed by atoms with Crippen LogP contribution in [-0.4, -0.2) is 21.0 Å². The summed E-state index contributed by atoms with van der Waals surface area (Å²) in [5.74, 6) is 0. The van der Waals surface area contributed by atoms with Gasteiger partial charge in [-0.1, -0.05) is 60.7 Å². The first-order valence-corrected chi connectivity index (χ1v) is 7.61. The van der Waals surface area contributed by atoms with Crippen LogP contribution in [0.5, 0.6) is 0 Å². The Hall–Kier alpha value is -1.43. The Morgan fingerprint density at radius 2 is 1.50 bits per heavy atom. The van der Waals surface area contributed by atoms with Crippen molar-refractivity contribution in [2.75, 3.05) is 0 Å². The van der Waals surface area contributed by atoms with Gasteiger partial charge >= 0.3 is 0 Å². The Morgan fingerprint density at radius 3 is 2.11 bits per heavy atom. The average molecular weight is 272 g/mol. The highest BCUT2D eigenvalue weighted by atomic mass is 28.3. The third-order valence-electron chi connectivity index (χ3n) is 2.47. The van der Waals surface area contributed by atoms with Crippen LogP contribution >= 0.6 is 0 Å². The third-order valence-corrected chi connectivity index (χ3v) is 2.47. The van der Waals surface area contributed by atoms with Crippen LogP contribution in [0.2, 0.25) is 0 Å². The van der Waals surface area contributed by atoms with Gasteiger partial charge in [-0.05, 0) is 23.1 Å². The molecule has 0 heterocycles. The van der Waals surface area contributed by atoms with Crippen LogP contribution in [0.3, 0.4) is 0 Å². The Balaban J connectivity index is 0.000000492. The molecule has 2 aromatic rings. The molecule has 0 aromatic heterocycles. The second-order valence-electron chi connectivity index (χ2n) is 3.92. The largest absolute Gasteiger partial charge is 0.471 e. The van der Waals surface area contributed by atoms with Crippen LogP contribution in [0.15, 0.2) is 67.3 Å². The number of hydrogen-bond donors (Lipinski definition) is 0. The highest BCUT2D eigenvalue weighted by Gasteiger charge is 2.01. The SMILES string of the molecule is C=CCc1ccccc1-c1ccccc1.[SiH3]O[SiH3]. The van der Waals surface area contributed by atoms with Gasteiger partial charge in [-0.15, -0.1) is 6.58 Å². The summed E-state index contributed by atoms with van der Waals surface area (Å²) < 4.78 is 4.53. The van der Waals surface area contributed by atoms with Crippen LogP contribution in [0.1, 0.15) is 5.56 Å². The summed E-state index contributed by atoms with van der Waals surface area (Å²) in [6, 6.07) is 18.9. The van der Waals surface area contributed by atoms with Gasteiger partial charge in [0.15, 0.2) is 0 Å². The molecule has 0 radical (unpaired) electrons. The monoisotopic (exact) mass is 272 g/mol. The topological polar surface area (TPSA) is 9.23 Å². The number of rotatable bonds is 3. The van der Waals surface area contributed by atoms with Crippen molar-refractivity contribution in [1.82, 2.24) is 0 Å². The van der Waals surface area contributed by atoms with E-state index in [9.17, 15) is 0 Å². The average Bonchev–Trinajstić information content (AvgIpc) is 2.42.